The van der Waals surface area contributed by atoms with Crippen LogP contribution in [0, 0.1) is 0 Å². The summed E-state index contributed by atoms with van der Waals surface area (Å²) < 4.78 is 0. The Morgan fingerprint density at radius 3 is 2.48 bits per heavy atom. The number of carbonyl (C=O) groups excluding carboxylic acids is 1. The Morgan fingerprint density at radius 2 is 1.81 bits per heavy atom. The number of phenols is 1. The van der Waals surface area contributed by atoms with Gasteiger partial charge in [0.1, 0.15) is 5.75 Å². The van der Waals surface area contributed by atoms with Gasteiger partial charge in [-0.25, -0.2) is 0 Å². The van der Waals surface area contributed by atoms with E-state index in [2.05, 4.69) is 0 Å². The molecular formula is C16H15Cl2NO2. The number of hydrogen-bond acceptors (Lipinski definition) is 2. The van der Waals surface area contributed by atoms with Crippen LogP contribution in [-0.4, -0.2) is 23.0 Å². The van der Waals surface area contributed by atoms with Crippen molar-refractivity contribution in [3.63, 3.8) is 0 Å². The molecule has 2 aromatic carbocycles. The van der Waals surface area contributed by atoms with Gasteiger partial charge in [0, 0.05) is 12.6 Å². The molecule has 0 aromatic heterocycles. The van der Waals surface area contributed by atoms with Gasteiger partial charge in [-0.2, -0.15) is 0 Å². The summed E-state index contributed by atoms with van der Waals surface area (Å²) in [5.74, 6) is -0.0971. The van der Waals surface area contributed by atoms with Crippen molar-refractivity contribution >= 4 is 29.1 Å². The number of nitrogens with zero attached hydrogens (tertiary/aromatic N) is 1. The van der Waals surface area contributed by atoms with E-state index in [-0.39, 0.29) is 22.7 Å². The van der Waals surface area contributed by atoms with Crippen LogP contribution in [0.2, 0.25) is 10.0 Å². The number of halogens is 2. The van der Waals surface area contributed by atoms with Gasteiger partial charge in [-0.3, -0.25) is 4.79 Å². The fraction of sp³-hybridized carbons (Fsp3) is 0.188. The molecule has 0 radical (unpaired) electrons. The second kappa shape index (κ2) is 6.37. The van der Waals surface area contributed by atoms with Crippen LogP contribution in [-0.2, 0) is 0 Å². The number of aromatic hydroxyl groups is 1. The third kappa shape index (κ3) is 3.14. The minimum absolute atomic E-state index is 0.154. The van der Waals surface area contributed by atoms with Crippen molar-refractivity contribution in [2.45, 2.75) is 13.0 Å². The molecule has 0 saturated heterocycles. The average Bonchev–Trinajstić information content (AvgIpc) is 2.48. The Balaban J connectivity index is 2.31. The predicted molar refractivity (Wildman–Crippen MR) is 85.1 cm³/mol. The van der Waals surface area contributed by atoms with Crippen molar-refractivity contribution in [1.29, 1.82) is 0 Å². The van der Waals surface area contributed by atoms with E-state index >= 15 is 0 Å². The van der Waals surface area contributed by atoms with E-state index in [0.717, 1.165) is 0 Å². The molecule has 0 spiro atoms. The topological polar surface area (TPSA) is 40.5 Å². The number of phenolic OH excluding ortho intramolecular Hbond substituents is 1. The highest BCUT2D eigenvalue weighted by atomic mass is 35.5. The van der Waals surface area contributed by atoms with Crippen LogP contribution < -0.4 is 0 Å². The maximum Gasteiger partial charge on any atom is 0.255 e. The van der Waals surface area contributed by atoms with Crippen molar-refractivity contribution in [2.24, 2.45) is 0 Å². The van der Waals surface area contributed by atoms with Crippen molar-refractivity contribution in [3.05, 3.63) is 63.6 Å². The van der Waals surface area contributed by atoms with E-state index in [4.69, 9.17) is 23.2 Å². The summed E-state index contributed by atoms with van der Waals surface area (Å²) in [5.41, 5.74) is 1.01. The molecule has 0 aliphatic rings. The molecule has 1 N–H and O–H groups in total. The van der Waals surface area contributed by atoms with E-state index < -0.39 is 0 Å². The molecule has 0 heterocycles. The molecule has 0 bridgehead atoms. The molecule has 0 saturated carbocycles. The molecule has 0 aliphatic carbocycles. The monoisotopic (exact) mass is 323 g/mol. The minimum Gasteiger partial charge on any atom is -0.508 e. The van der Waals surface area contributed by atoms with E-state index in [0.29, 0.717) is 16.1 Å². The van der Waals surface area contributed by atoms with Crippen LogP contribution in [0.4, 0.5) is 0 Å². The first-order valence-electron chi connectivity index (χ1n) is 6.42. The summed E-state index contributed by atoms with van der Waals surface area (Å²) in [6.07, 6.45) is 0. The van der Waals surface area contributed by atoms with Gasteiger partial charge >= 0.3 is 0 Å². The lowest BCUT2D eigenvalue weighted by molar-refractivity contribution is 0.0741. The highest BCUT2D eigenvalue weighted by molar-refractivity contribution is 6.43. The molecule has 5 heteroatoms. The summed E-state index contributed by atoms with van der Waals surface area (Å²) in [7, 11) is 1.66. The van der Waals surface area contributed by atoms with Crippen molar-refractivity contribution in [2.75, 3.05) is 7.05 Å². The summed E-state index contributed by atoms with van der Waals surface area (Å²) >= 11 is 12.0. The third-order valence-corrected chi connectivity index (χ3v) is 4.29. The van der Waals surface area contributed by atoms with Gasteiger partial charge in [-0.1, -0.05) is 47.5 Å². The van der Waals surface area contributed by atoms with Crippen LogP contribution in [0.15, 0.2) is 42.5 Å². The molecule has 1 unspecified atom stereocenters. The number of para-hydroxylation sites is 1. The van der Waals surface area contributed by atoms with Crippen molar-refractivity contribution < 1.29 is 9.90 Å². The summed E-state index contributed by atoms with van der Waals surface area (Å²) in [5, 5.41) is 10.5. The normalized spacial score (nSPS) is 12.0. The highest BCUT2D eigenvalue weighted by Gasteiger charge is 2.23. The zero-order chi connectivity index (χ0) is 15.6. The zero-order valence-electron chi connectivity index (χ0n) is 11.7. The van der Waals surface area contributed by atoms with Gasteiger partial charge in [0.25, 0.3) is 5.91 Å². The van der Waals surface area contributed by atoms with Crippen LogP contribution in [0.3, 0.4) is 0 Å². The van der Waals surface area contributed by atoms with Gasteiger partial charge in [-0.05, 0) is 25.1 Å². The predicted octanol–water partition coefficient (Wildman–Crippen LogP) is 4.53. The molecule has 2 aromatic rings. The van der Waals surface area contributed by atoms with Crippen LogP contribution >= 0.6 is 23.2 Å². The molecule has 1 amide bonds. The van der Waals surface area contributed by atoms with Gasteiger partial charge in [0.05, 0.1) is 21.7 Å². The lowest BCUT2D eigenvalue weighted by Crippen LogP contribution is -2.30. The van der Waals surface area contributed by atoms with Gasteiger partial charge in [0.15, 0.2) is 0 Å². The Bertz CT molecular complexity index is 673. The summed E-state index contributed by atoms with van der Waals surface area (Å²) in [4.78, 5) is 14.1. The maximum absolute atomic E-state index is 12.5. The minimum atomic E-state index is -0.297. The standard InChI is InChI=1S/C16H15Cl2NO2/c1-10(11-6-3-4-9-14(11)20)19(2)16(21)12-7-5-8-13(17)15(12)18/h3-10,20H,1-2H3. The fourth-order valence-electron chi connectivity index (χ4n) is 2.08. The number of carbonyl (C=O) groups is 1. The van der Waals surface area contributed by atoms with Crippen molar-refractivity contribution in [1.82, 2.24) is 4.90 Å². The van der Waals surface area contributed by atoms with Gasteiger partial charge < -0.3 is 10.0 Å². The van der Waals surface area contributed by atoms with E-state index in [1.54, 1.807) is 43.4 Å². The van der Waals surface area contributed by atoms with Crippen molar-refractivity contribution in [3.8, 4) is 5.75 Å². The molecular weight excluding hydrogens is 309 g/mol. The summed E-state index contributed by atoms with van der Waals surface area (Å²) in [6, 6.07) is 11.6. The van der Waals surface area contributed by atoms with Crippen LogP contribution in [0.5, 0.6) is 5.75 Å². The Morgan fingerprint density at radius 1 is 1.14 bits per heavy atom. The molecule has 0 aliphatic heterocycles. The third-order valence-electron chi connectivity index (χ3n) is 3.47. The first-order valence-corrected chi connectivity index (χ1v) is 7.18. The highest BCUT2D eigenvalue weighted by Crippen LogP contribution is 2.31. The molecule has 2 rings (SSSR count). The lowest BCUT2D eigenvalue weighted by Gasteiger charge is -2.26. The van der Waals surface area contributed by atoms with Gasteiger partial charge in [0.2, 0.25) is 0 Å². The smallest absolute Gasteiger partial charge is 0.255 e. The maximum atomic E-state index is 12.5. The van der Waals surface area contributed by atoms with Crippen LogP contribution in [0.1, 0.15) is 28.9 Å². The first kappa shape index (κ1) is 15.7. The molecule has 1 atom stereocenters. The largest absolute Gasteiger partial charge is 0.508 e. The molecule has 110 valence electrons. The lowest BCUT2D eigenvalue weighted by atomic mass is 10.1. The van der Waals surface area contributed by atoms with Gasteiger partial charge in [-0.15, -0.1) is 0 Å². The molecule has 0 fully saturated rings. The second-order valence-electron chi connectivity index (χ2n) is 4.75. The van der Waals surface area contributed by atoms with Crippen LogP contribution in [0.25, 0.3) is 0 Å². The Labute approximate surface area is 133 Å². The number of rotatable bonds is 3. The van der Waals surface area contributed by atoms with E-state index in [9.17, 15) is 9.90 Å². The Kier molecular flexibility index (Phi) is 4.76. The summed E-state index contributed by atoms with van der Waals surface area (Å²) in [6.45, 7) is 1.84. The molecule has 3 nitrogen and oxygen atoms in total. The van der Waals surface area contributed by atoms with E-state index in [1.807, 2.05) is 13.0 Å². The number of amides is 1. The quantitative estimate of drug-likeness (QED) is 0.901. The fourth-order valence-corrected chi connectivity index (χ4v) is 2.47. The molecule has 21 heavy (non-hydrogen) atoms. The van der Waals surface area contributed by atoms with E-state index in [1.165, 1.54) is 4.90 Å². The SMILES string of the molecule is CC(c1ccccc1O)N(C)C(=O)c1cccc(Cl)c1Cl. The number of benzene rings is 2. The zero-order valence-corrected chi connectivity index (χ0v) is 13.2. The first-order chi connectivity index (χ1) is 9.93. The second-order valence-corrected chi connectivity index (χ2v) is 5.54. The Hall–Kier alpha value is -1.71. The number of hydrogen-bond donors (Lipinski definition) is 1. The average molecular weight is 324 g/mol.